The van der Waals surface area contributed by atoms with Crippen molar-refractivity contribution in [1.29, 1.82) is 0 Å². The van der Waals surface area contributed by atoms with E-state index < -0.39 is 0 Å². The quantitative estimate of drug-likeness (QED) is 0.848. The van der Waals surface area contributed by atoms with Gasteiger partial charge in [-0.25, -0.2) is 0 Å². The molecule has 5 heteroatoms. The van der Waals surface area contributed by atoms with Gasteiger partial charge in [-0.05, 0) is 43.2 Å². The molecule has 0 spiro atoms. The molecule has 0 atom stereocenters. The maximum Gasteiger partial charge on any atom is 0.257 e. The molecule has 2 aromatic carbocycles. The molecule has 0 bridgehead atoms. The summed E-state index contributed by atoms with van der Waals surface area (Å²) in [4.78, 5) is 14.5. The molecule has 1 fully saturated rings. The van der Waals surface area contributed by atoms with Gasteiger partial charge in [0.1, 0.15) is 0 Å². The number of anilines is 3. The minimum Gasteiger partial charge on any atom is -0.397 e. The van der Waals surface area contributed by atoms with Crippen LogP contribution >= 0.6 is 11.6 Å². The average molecular weight is 316 g/mol. The molecule has 114 valence electrons. The number of benzene rings is 2. The van der Waals surface area contributed by atoms with Crippen LogP contribution in [-0.2, 0) is 0 Å². The fourth-order valence-electron chi connectivity index (χ4n) is 2.72. The normalized spacial score (nSPS) is 14.1. The molecule has 3 rings (SSSR count). The number of nitrogens with zero attached hydrogens (tertiary/aromatic N) is 1. The largest absolute Gasteiger partial charge is 0.397 e. The van der Waals surface area contributed by atoms with Gasteiger partial charge in [-0.3, -0.25) is 4.79 Å². The highest BCUT2D eigenvalue weighted by Crippen LogP contribution is 2.29. The fourth-order valence-corrected chi connectivity index (χ4v) is 2.94. The first kappa shape index (κ1) is 14.7. The second kappa shape index (κ2) is 6.28. The lowest BCUT2D eigenvalue weighted by molar-refractivity contribution is 0.102. The van der Waals surface area contributed by atoms with Crippen LogP contribution in [0.2, 0.25) is 5.02 Å². The fraction of sp³-hybridized carbons (Fsp3) is 0.235. The van der Waals surface area contributed by atoms with Gasteiger partial charge in [0.15, 0.2) is 0 Å². The minimum absolute atomic E-state index is 0.237. The Morgan fingerprint density at radius 3 is 2.55 bits per heavy atom. The lowest BCUT2D eigenvalue weighted by atomic mass is 10.2. The Labute approximate surface area is 134 Å². The first-order chi connectivity index (χ1) is 10.6. The second-order valence-corrected chi connectivity index (χ2v) is 5.81. The predicted molar refractivity (Wildman–Crippen MR) is 91.7 cm³/mol. The summed E-state index contributed by atoms with van der Waals surface area (Å²) in [6, 6.07) is 12.6. The van der Waals surface area contributed by atoms with Crippen LogP contribution in [0, 0.1) is 0 Å². The van der Waals surface area contributed by atoms with Gasteiger partial charge in [0, 0.05) is 18.8 Å². The number of nitrogens with one attached hydrogen (secondary N) is 1. The number of carbonyl (C=O) groups excluding carboxylic acids is 1. The van der Waals surface area contributed by atoms with Crippen LogP contribution in [0.25, 0.3) is 0 Å². The molecule has 0 radical (unpaired) electrons. The first-order valence-corrected chi connectivity index (χ1v) is 7.73. The van der Waals surface area contributed by atoms with E-state index in [1.165, 1.54) is 12.8 Å². The highest BCUT2D eigenvalue weighted by atomic mass is 35.5. The standard InChI is InChI=1S/C17H18ClN3O/c18-14-6-2-1-5-13(14)17(22)20-12-7-8-16(15(19)11-12)21-9-3-4-10-21/h1-2,5-8,11H,3-4,9-10,19H2,(H,20,22). The summed E-state index contributed by atoms with van der Waals surface area (Å²) in [7, 11) is 0. The third kappa shape index (κ3) is 3.02. The van der Waals surface area contributed by atoms with Crippen LogP contribution in [0.4, 0.5) is 17.1 Å². The van der Waals surface area contributed by atoms with Crippen molar-refractivity contribution < 1.29 is 4.79 Å². The van der Waals surface area contributed by atoms with E-state index in [-0.39, 0.29) is 5.91 Å². The van der Waals surface area contributed by atoms with Gasteiger partial charge >= 0.3 is 0 Å². The molecule has 0 aliphatic carbocycles. The number of amides is 1. The second-order valence-electron chi connectivity index (χ2n) is 5.40. The van der Waals surface area contributed by atoms with E-state index in [1.807, 2.05) is 12.1 Å². The maximum absolute atomic E-state index is 12.2. The molecule has 0 saturated carbocycles. The van der Waals surface area contributed by atoms with Crippen LogP contribution < -0.4 is 16.0 Å². The predicted octanol–water partition coefficient (Wildman–Crippen LogP) is 3.77. The van der Waals surface area contributed by atoms with E-state index in [1.54, 1.807) is 30.3 Å². The third-order valence-electron chi connectivity index (χ3n) is 3.85. The molecule has 4 nitrogen and oxygen atoms in total. The first-order valence-electron chi connectivity index (χ1n) is 7.35. The van der Waals surface area contributed by atoms with Gasteiger partial charge in [0.2, 0.25) is 0 Å². The Bertz CT molecular complexity index is 696. The Morgan fingerprint density at radius 2 is 1.86 bits per heavy atom. The molecular weight excluding hydrogens is 298 g/mol. The van der Waals surface area contributed by atoms with Crippen LogP contribution in [0.15, 0.2) is 42.5 Å². The Kier molecular flexibility index (Phi) is 4.20. The molecule has 1 aliphatic heterocycles. The van der Waals surface area contributed by atoms with Gasteiger partial charge < -0.3 is 16.0 Å². The SMILES string of the molecule is Nc1cc(NC(=O)c2ccccc2Cl)ccc1N1CCCC1. The Balaban J connectivity index is 1.77. The number of nitrogens with two attached hydrogens (primary N) is 1. The van der Waals surface area contributed by atoms with Crippen LogP contribution in [-0.4, -0.2) is 19.0 Å². The smallest absolute Gasteiger partial charge is 0.257 e. The monoisotopic (exact) mass is 315 g/mol. The molecule has 0 unspecified atom stereocenters. The van der Waals surface area contributed by atoms with E-state index in [0.717, 1.165) is 18.8 Å². The number of hydrogen-bond acceptors (Lipinski definition) is 3. The molecule has 1 heterocycles. The molecule has 0 aromatic heterocycles. The van der Waals surface area contributed by atoms with Crippen molar-refractivity contribution in [2.75, 3.05) is 29.0 Å². The van der Waals surface area contributed by atoms with Gasteiger partial charge in [0.05, 0.1) is 22.0 Å². The Hall–Kier alpha value is -2.20. The van der Waals surface area contributed by atoms with E-state index in [2.05, 4.69) is 10.2 Å². The number of nitrogen functional groups attached to an aromatic ring is 1. The van der Waals surface area contributed by atoms with Crippen molar-refractivity contribution in [3.63, 3.8) is 0 Å². The summed E-state index contributed by atoms with van der Waals surface area (Å²) in [6.07, 6.45) is 2.40. The van der Waals surface area contributed by atoms with Gasteiger partial charge in [-0.15, -0.1) is 0 Å². The van der Waals surface area contributed by atoms with Crippen LogP contribution in [0.1, 0.15) is 23.2 Å². The van der Waals surface area contributed by atoms with Crippen molar-refractivity contribution in [2.24, 2.45) is 0 Å². The highest BCUT2D eigenvalue weighted by molar-refractivity contribution is 6.34. The topological polar surface area (TPSA) is 58.4 Å². The average Bonchev–Trinajstić information content (AvgIpc) is 3.01. The molecule has 2 aromatic rings. The van der Waals surface area contributed by atoms with E-state index in [4.69, 9.17) is 17.3 Å². The zero-order chi connectivity index (χ0) is 15.5. The maximum atomic E-state index is 12.2. The van der Waals surface area contributed by atoms with E-state index >= 15 is 0 Å². The van der Waals surface area contributed by atoms with Crippen molar-refractivity contribution >= 4 is 34.6 Å². The van der Waals surface area contributed by atoms with Gasteiger partial charge in [-0.2, -0.15) is 0 Å². The van der Waals surface area contributed by atoms with E-state index in [9.17, 15) is 4.79 Å². The summed E-state index contributed by atoms with van der Waals surface area (Å²) in [6.45, 7) is 2.07. The van der Waals surface area contributed by atoms with Gasteiger partial charge in [0.25, 0.3) is 5.91 Å². The summed E-state index contributed by atoms with van der Waals surface area (Å²) < 4.78 is 0. The minimum atomic E-state index is -0.237. The number of carbonyl (C=O) groups is 1. The molecule has 3 N–H and O–H groups in total. The molecule has 1 saturated heterocycles. The Morgan fingerprint density at radius 1 is 1.14 bits per heavy atom. The van der Waals surface area contributed by atoms with Crippen LogP contribution in [0.5, 0.6) is 0 Å². The van der Waals surface area contributed by atoms with Gasteiger partial charge in [-0.1, -0.05) is 23.7 Å². The highest BCUT2D eigenvalue weighted by Gasteiger charge is 2.16. The van der Waals surface area contributed by atoms with Crippen molar-refractivity contribution in [3.05, 3.63) is 53.1 Å². The zero-order valence-corrected chi connectivity index (χ0v) is 12.9. The van der Waals surface area contributed by atoms with Crippen molar-refractivity contribution in [1.82, 2.24) is 0 Å². The van der Waals surface area contributed by atoms with Crippen molar-refractivity contribution in [2.45, 2.75) is 12.8 Å². The lowest BCUT2D eigenvalue weighted by Gasteiger charge is -2.20. The summed E-state index contributed by atoms with van der Waals surface area (Å²) >= 11 is 6.04. The number of hydrogen-bond donors (Lipinski definition) is 2. The number of halogens is 1. The summed E-state index contributed by atoms with van der Waals surface area (Å²) in [5, 5.41) is 3.27. The van der Waals surface area contributed by atoms with E-state index in [0.29, 0.717) is 22.0 Å². The molecule has 22 heavy (non-hydrogen) atoms. The number of rotatable bonds is 3. The van der Waals surface area contributed by atoms with Crippen molar-refractivity contribution in [3.8, 4) is 0 Å². The molecule has 1 aliphatic rings. The zero-order valence-electron chi connectivity index (χ0n) is 12.2. The third-order valence-corrected chi connectivity index (χ3v) is 4.18. The molecular formula is C17H18ClN3O. The summed E-state index contributed by atoms with van der Waals surface area (Å²) in [5.74, 6) is -0.237. The lowest BCUT2D eigenvalue weighted by Crippen LogP contribution is -2.19. The van der Waals surface area contributed by atoms with Crippen LogP contribution in [0.3, 0.4) is 0 Å². The molecule has 1 amide bonds. The summed E-state index contributed by atoms with van der Waals surface area (Å²) in [5.41, 5.74) is 8.96.